The van der Waals surface area contributed by atoms with Gasteiger partial charge in [0.15, 0.2) is 0 Å². The average molecular weight is 227 g/mol. The van der Waals surface area contributed by atoms with E-state index in [0.717, 1.165) is 11.1 Å². The number of nitrogens with two attached hydrogens (primary N) is 1. The molecule has 0 saturated carbocycles. The lowest BCUT2D eigenvalue weighted by atomic mass is 10.0. The Morgan fingerprint density at radius 2 is 1.65 bits per heavy atom. The number of benzene rings is 2. The Morgan fingerprint density at radius 1 is 0.882 bits per heavy atom. The van der Waals surface area contributed by atoms with E-state index in [1.165, 1.54) is 11.1 Å². The Bertz CT molecular complexity index is 477. The molecular formula is C15H17NO. The second-order valence-corrected chi connectivity index (χ2v) is 4.08. The maximum atomic E-state index is 8.94. The van der Waals surface area contributed by atoms with Gasteiger partial charge in [0.2, 0.25) is 0 Å². The molecule has 2 rings (SSSR count). The molecular weight excluding hydrogens is 210 g/mol. The van der Waals surface area contributed by atoms with E-state index in [-0.39, 0.29) is 6.61 Å². The fourth-order valence-electron chi connectivity index (χ4n) is 1.87. The van der Waals surface area contributed by atoms with Gasteiger partial charge in [-0.3, -0.25) is 0 Å². The smallest absolute Gasteiger partial charge is 0.0471 e. The first-order valence-corrected chi connectivity index (χ1v) is 5.82. The topological polar surface area (TPSA) is 46.2 Å². The van der Waals surface area contributed by atoms with Crippen molar-refractivity contribution in [1.29, 1.82) is 0 Å². The van der Waals surface area contributed by atoms with Gasteiger partial charge in [0.05, 0.1) is 0 Å². The molecule has 3 N–H and O–H groups in total. The first-order chi connectivity index (χ1) is 8.33. The first kappa shape index (κ1) is 11.8. The van der Waals surface area contributed by atoms with Crippen molar-refractivity contribution in [2.24, 2.45) is 5.73 Å². The largest absolute Gasteiger partial charge is 0.396 e. The molecule has 17 heavy (non-hydrogen) atoms. The first-order valence-electron chi connectivity index (χ1n) is 5.82. The van der Waals surface area contributed by atoms with Gasteiger partial charge in [-0.25, -0.2) is 0 Å². The van der Waals surface area contributed by atoms with Gasteiger partial charge in [0.25, 0.3) is 0 Å². The third kappa shape index (κ3) is 2.93. The standard InChI is InChI=1S/C15H17NO/c16-11-13-4-6-14(7-5-13)15-3-1-2-12(10-15)8-9-17/h1-7,10,17H,8-9,11,16H2. The van der Waals surface area contributed by atoms with Gasteiger partial charge in [0.1, 0.15) is 0 Å². The molecule has 0 fully saturated rings. The molecule has 0 aliphatic rings. The minimum absolute atomic E-state index is 0.190. The fourth-order valence-corrected chi connectivity index (χ4v) is 1.87. The molecule has 2 aromatic rings. The summed E-state index contributed by atoms with van der Waals surface area (Å²) in [5, 5.41) is 8.94. The lowest BCUT2D eigenvalue weighted by Crippen LogP contribution is -1.95. The summed E-state index contributed by atoms with van der Waals surface area (Å²) in [5.74, 6) is 0. The molecule has 88 valence electrons. The second-order valence-electron chi connectivity index (χ2n) is 4.08. The highest BCUT2D eigenvalue weighted by Gasteiger charge is 1.99. The van der Waals surface area contributed by atoms with Crippen LogP contribution in [0.3, 0.4) is 0 Å². The van der Waals surface area contributed by atoms with Crippen LogP contribution in [0, 0.1) is 0 Å². The van der Waals surface area contributed by atoms with Crippen LogP contribution in [0.15, 0.2) is 48.5 Å². The molecule has 2 nitrogen and oxygen atoms in total. The minimum Gasteiger partial charge on any atom is -0.396 e. The zero-order valence-corrected chi connectivity index (χ0v) is 9.76. The Kier molecular flexibility index (Phi) is 3.91. The van der Waals surface area contributed by atoms with Crippen molar-refractivity contribution in [3.63, 3.8) is 0 Å². The van der Waals surface area contributed by atoms with Gasteiger partial charge < -0.3 is 10.8 Å². The van der Waals surface area contributed by atoms with Gasteiger partial charge >= 0.3 is 0 Å². The van der Waals surface area contributed by atoms with Crippen LogP contribution in [-0.2, 0) is 13.0 Å². The van der Waals surface area contributed by atoms with Crippen LogP contribution < -0.4 is 5.73 Å². The summed E-state index contributed by atoms with van der Waals surface area (Å²) in [4.78, 5) is 0. The lowest BCUT2D eigenvalue weighted by Gasteiger charge is -2.05. The molecule has 0 radical (unpaired) electrons. The van der Waals surface area contributed by atoms with Crippen LogP contribution in [0.1, 0.15) is 11.1 Å². The number of hydrogen-bond donors (Lipinski definition) is 2. The van der Waals surface area contributed by atoms with Crippen LogP contribution >= 0.6 is 0 Å². The van der Waals surface area contributed by atoms with Gasteiger partial charge in [-0.05, 0) is 28.7 Å². The zero-order chi connectivity index (χ0) is 12.1. The van der Waals surface area contributed by atoms with E-state index in [4.69, 9.17) is 10.8 Å². The van der Waals surface area contributed by atoms with Crippen molar-refractivity contribution in [1.82, 2.24) is 0 Å². The maximum Gasteiger partial charge on any atom is 0.0471 e. The highest BCUT2D eigenvalue weighted by atomic mass is 16.2. The van der Waals surface area contributed by atoms with Gasteiger partial charge in [-0.2, -0.15) is 0 Å². The summed E-state index contributed by atoms with van der Waals surface area (Å²) in [5.41, 5.74) is 10.2. The Balaban J connectivity index is 2.28. The molecule has 0 saturated heterocycles. The third-order valence-electron chi connectivity index (χ3n) is 2.85. The summed E-state index contributed by atoms with van der Waals surface area (Å²) in [6.45, 7) is 0.764. The number of hydrogen-bond acceptors (Lipinski definition) is 2. The molecule has 2 aromatic carbocycles. The van der Waals surface area contributed by atoms with E-state index in [1.54, 1.807) is 0 Å². The van der Waals surface area contributed by atoms with Crippen molar-refractivity contribution in [2.75, 3.05) is 6.61 Å². The minimum atomic E-state index is 0.190. The summed E-state index contributed by atoms with van der Waals surface area (Å²) in [6.07, 6.45) is 0.703. The van der Waals surface area contributed by atoms with E-state index in [2.05, 4.69) is 24.3 Å². The maximum absolute atomic E-state index is 8.94. The van der Waals surface area contributed by atoms with E-state index < -0.39 is 0 Å². The highest BCUT2D eigenvalue weighted by molar-refractivity contribution is 5.64. The van der Waals surface area contributed by atoms with E-state index >= 15 is 0 Å². The van der Waals surface area contributed by atoms with E-state index in [0.29, 0.717) is 13.0 Å². The van der Waals surface area contributed by atoms with Crippen molar-refractivity contribution in [2.45, 2.75) is 13.0 Å². The Hall–Kier alpha value is -1.64. The van der Waals surface area contributed by atoms with Crippen LogP contribution in [0.2, 0.25) is 0 Å². The van der Waals surface area contributed by atoms with Crippen LogP contribution in [-0.4, -0.2) is 11.7 Å². The lowest BCUT2D eigenvalue weighted by molar-refractivity contribution is 0.299. The number of aliphatic hydroxyl groups excluding tert-OH is 1. The quantitative estimate of drug-likeness (QED) is 0.842. The molecule has 0 heterocycles. The van der Waals surface area contributed by atoms with Crippen molar-refractivity contribution in [3.8, 4) is 11.1 Å². The fraction of sp³-hybridized carbons (Fsp3) is 0.200. The molecule has 0 spiro atoms. The second kappa shape index (κ2) is 5.62. The summed E-state index contributed by atoms with van der Waals surface area (Å²) < 4.78 is 0. The van der Waals surface area contributed by atoms with E-state index in [9.17, 15) is 0 Å². The summed E-state index contributed by atoms with van der Waals surface area (Å²) in [7, 11) is 0. The normalized spacial score (nSPS) is 10.5. The summed E-state index contributed by atoms with van der Waals surface area (Å²) >= 11 is 0. The van der Waals surface area contributed by atoms with Gasteiger partial charge in [-0.15, -0.1) is 0 Å². The third-order valence-corrected chi connectivity index (χ3v) is 2.85. The van der Waals surface area contributed by atoms with Gasteiger partial charge in [0, 0.05) is 13.2 Å². The molecule has 0 aliphatic heterocycles. The highest BCUT2D eigenvalue weighted by Crippen LogP contribution is 2.21. The summed E-state index contributed by atoms with van der Waals surface area (Å²) in [6, 6.07) is 16.5. The van der Waals surface area contributed by atoms with Crippen molar-refractivity contribution in [3.05, 3.63) is 59.7 Å². The molecule has 0 aromatic heterocycles. The molecule has 0 bridgehead atoms. The number of rotatable bonds is 4. The monoisotopic (exact) mass is 227 g/mol. The zero-order valence-electron chi connectivity index (χ0n) is 9.76. The van der Waals surface area contributed by atoms with Crippen LogP contribution in [0.4, 0.5) is 0 Å². The van der Waals surface area contributed by atoms with Crippen LogP contribution in [0.5, 0.6) is 0 Å². The molecule has 0 unspecified atom stereocenters. The predicted molar refractivity (Wildman–Crippen MR) is 70.6 cm³/mol. The number of aliphatic hydroxyl groups is 1. The Labute approximate surface area is 102 Å². The Morgan fingerprint density at radius 3 is 2.29 bits per heavy atom. The molecule has 0 atom stereocenters. The van der Waals surface area contributed by atoms with Crippen molar-refractivity contribution >= 4 is 0 Å². The average Bonchev–Trinajstić information content (AvgIpc) is 2.40. The van der Waals surface area contributed by atoms with Crippen LogP contribution in [0.25, 0.3) is 11.1 Å². The molecule has 0 aliphatic carbocycles. The predicted octanol–water partition coefficient (Wildman–Crippen LogP) is 2.35. The SMILES string of the molecule is NCc1ccc(-c2cccc(CCO)c2)cc1. The molecule has 0 amide bonds. The van der Waals surface area contributed by atoms with Gasteiger partial charge in [-0.1, -0.05) is 48.5 Å². The molecule has 2 heteroatoms. The van der Waals surface area contributed by atoms with E-state index in [1.807, 2.05) is 24.3 Å². The van der Waals surface area contributed by atoms with Crippen molar-refractivity contribution < 1.29 is 5.11 Å².